The SMILES string of the molecule is CS(=O)(=O)c1ccc2nc(N(Cc3ccccc3)C(=O)c3ccc(-c4ccccc4)cc3)sc2c1. The predicted octanol–water partition coefficient (Wildman–Crippen LogP) is 6.21. The van der Waals surface area contributed by atoms with Crippen molar-refractivity contribution in [2.75, 3.05) is 11.2 Å². The summed E-state index contributed by atoms with van der Waals surface area (Å²) in [6.07, 6.45) is 1.18. The van der Waals surface area contributed by atoms with Gasteiger partial charge in [0.25, 0.3) is 5.91 Å². The normalized spacial score (nSPS) is 11.5. The number of carbonyl (C=O) groups excluding carboxylic acids is 1. The highest BCUT2D eigenvalue weighted by Crippen LogP contribution is 2.32. The maximum absolute atomic E-state index is 13.7. The van der Waals surface area contributed by atoms with Crippen molar-refractivity contribution < 1.29 is 13.2 Å². The van der Waals surface area contributed by atoms with Crippen molar-refractivity contribution in [2.24, 2.45) is 0 Å². The number of sulfone groups is 1. The number of hydrogen-bond acceptors (Lipinski definition) is 5. The molecule has 0 aliphatic carbocycles. The molecule has 0 saturated carbocycles. The maximum atomic E-state index is 13.7. The van der Waals surface area contributed by atoms with Gasteiger partial charge < -0.3 is 0 Å². The van der Waals surface area contributed by atoms with Crippen molar-refractivity contribution in [2.45, 2.75) is 11.4 Å². The van der Waals surface area contributed by atoms with Gasteiger partial charge in [-0.1, -0.05) is 84.1 Å². The van der Waals surface area contributed by atoms with Crippen molar-refractivity contribution in [1.29, 1.82) is 0 Å². The molecule has 5 aromatic rings. The van der Waals surface area contributed by atoms with Gasteiger partial charge in [0.15, 0.2) is 15.0 Å². The zero-order valence-electron chi connectivity index (χ0n) is 19.0. The summed E-state index contributed by atoms with van der Waals surface area (Å²) in [5, 5.41) is 0.520. The molecular weight excluding hydrogens is 476 g/mol. The van der Waals surface area contributed by atoms with E-state index in [1.165, 1.54) is 17.6 Å². The summed E-state index contributed by atoms with van der Waals surface area (Å²) in [5.41, 5.74) is 4.29. The van der Waals surface area contributed by atoms with Crippen LogP contribution in [-0.2, 0) is 16.4 Å². The van der Waals surface area contributed by atoms with Crippen molar-refractivity contribution in [3.63, 3.8) is 0 Å². The summed E-state index contributed by atoms with van der Waals surface area (Å²) < 4.78 is 24.7. The van der Waals surface area contributed by atoms with Crippen LogP contribution in [0.15, 0.2) is 108 Å². The van der Waals surface area contributed by atoms with Gasteiger partial charge in [-0.05, 0) is 47.0 Å². The molecule has 0 spiro atoms. The second kappa shape index (κ2) is 9.44. The second-order valence-corrected chi connectivity index (χ2v) is 11.2. The van der Waals surface area contributed by atoms with Crippen LogP contribution in [0, 0.1) is 0 Å². The molecule has 0 fully saturated rings. The number of nitrogens with zero attached hydrogens (tertiary/aromatic N) is 2. The van der Waals surface area contributed by atoms with E-state index in [9.17, 15) is 13.2 Å². The Morgan fingerprint density at radius 1 is 0.829 bits per heavy atom. The molecule has 0 unspecified atom stereocenters. The molecule has 7 heteroatoms. The average molecular weight is 499 g/mol. The zero-order chi connectivity index (χ0) is 24.4. The summed E-state index contributed by atoms with van der Waals surface area (Å²) in [6.45, 7) is 0.346. The first kappa shape index (κ1) is 23.0. The van der Waals surface area contributed by atoms with Crippen molar-refractivity contribution in [1.82, 2.24) is 4.98 Å². The van der Waals surface area contributed by atoms with Crippen LogP contribution < -0.4 is 4.90 Å². The first-order valence-electron chi connectivity index (χ1n) is 11.0. The van der Waals surface area contributed by atoms with Gasteiger partial charge in [-0.3, -0.25) is 9.69 Å². The zero-order valence-corrected chi connectivity index (χ0v) is 20.6. The Bertz CT molecular complexity index is 1600. The van der Waals surface area contributed by atoms with E-state index in [0.717, 1.165) is 16.7 Å². The molecule has 5 nitrogen and oxygen atoms in total. The van der Waals surface area contributed by atoms with Crippen LogP contribution in [0.25, 0.3) is 21.3 Å². The number of anilines is 1. The number of hydrogen-bond donors (Lipinski definition) is 0. The van der Waals surface area contributed by atoms with E-state index in [2.05, 4.69) is 4.98 Å². The molecule has 1 amide bonds. The Hall–Kier alpha value is -3.81. The highest BCUT2D eigenvalue weighted by Gasteiger charge is 2.22. The minimum Gasteiger partial charge on any atom is -0.279 e. The molecule has 174 valence electrons. The summed E-state index contributed by atoms with van der Waals surface area (Å²) in [6, 6.07) is 32.1. The summed E-state index contributed by atoms with van der Waals surface area (Å²) >= 11 is 1.31. The molecule has 0 saturated heterocycles. The molecule has 1 aromatic heterocycles. The lowest BCUT2D eigenvalue weighted by atomic mass is 10.0. The van der Waals surface area contributed by atoms with E-state index in [1.807, 2.05) is 84.9 Å². The van der Waals surface area contributed by atoms with E-state index in [-0.39, 0.29) is 10.8 Å². The third-order valence-corrected chi connectivity index (χ3v) is 7.83. The van der Waals surface area contributed by atoms with Gasteiger partial charge in [-0.25, -0.2) is 13.4 Å². The largest absolute Gasteiger partial charge is 0.279 e. The lowest BCUT2D eigenvalue weighted by molar-refractivity contribution is 0.0985. The molecule has 35 heavy (non-hydrogen) atoms. The second-order valence-electron chi connectivity index (χ2n) is 8.22. The molecule has 0 N–H and O–H groups in total. The van der Waals surface area contributed by atoms with E-state index in [0.29, 0.717) is 27.5 Å². The number of thiazole rings is 1. The Morgan fingerprint density at radius 3 is 2.11 bits per heavy atom. The monoisotopic (exact) mass is 498 g/mol. The fourth-order valence-electron chi connectivity index (χ4n) is 3.82. The molecule has 4 aromatic carbocycles. The lowest BCUT2D eigenvalue weighted by Gasteiger charge is -2.20. The van der Waals surface area contributed by atoms with Crippen LogP contribution in [0.1, 0.15) is 15.9 Å². The van der Waals surface area contributed by atoms with Gasteiger partial charge in [0.2, 0.25) is 0 Å². The highest BCUT2D eigenvalue weighted by molar-refractivity contribution is 7.90. The number of rotatable bonds is 6. The quantitative estimate of drug-likeness (QED) is 0.279. The molecule has 0 aliphatic heterocycles. The minimum atomic E-state index is -3.34. The fraction of sp³-hybridized carbons (Fsp3) is 0.0714. The standard InChI is InChI=1S/C28H22N2O3S2/c1-35(32,33)24-16-17-25-26(18-24)34-28(29-25)30(19-20-8-4-2-5-9-20)27(31)23-14-12-22(13-15-23)21-10-6-3-7-11-21/h2-18H,19H2,1H3. The third-order valence-electron chi connectivity index (χ3n) is 5.68. The molecular formula is C28H22N2O3S2. The average Bonchev–Trinajstić information content (AvgIpc) is 3.31. The molecule has 0 aliphatic rings. The van der Waals surface area contributed by atoms with Crippen molar-refractivity contribution >= 4 is 42.4 Å². The molecule has 0 atom stereocenters. The van der Waals surface area contributed by atoms with E-state index in [1.54, 1.807) is 23.1 Å². The number of benzene rings is 4. The number of carbonyl (C=O) groups is 1. The fourth-order valence-corrected chi connectivity index (χ4v) is 5.55. The van der Waals surface area contributed by atoms with Crippen LogP contribution in [0.2, 0.25) is 0 Å². The Kier molecular flexibility index (Phi) is 6.19. The van der Waals surface area contributed by atoms with Crippen molar-refractivity contribution in [3.05, 3.63) is 114 Å². The van der Waals surface area contributed by atoms with Gasteiger partial charge in [-0.15, -0.1) is 0 Å². The molecule has 5 rings (SSSR count). The Balaban J connectivity index is 1.53. The van der Waals surface area contributed by atoms with Gasteiger partial charge in [0.1, 0.15) is 0 Å². The maximum Gasteiger partial charge on any atom is 0.260 e. The first-order valence-corrected chi connectivity index (χ1v) is 13.7. The van der Waals surface area contributed by atoms with Gasteiger partial charge in [0, 0.05) is 11.8 Å². The molecule has 1 heterocycles. The van der Waals surface area contributed by atoms with Crippen LogP contribution in [0.3, 0.4) is 0 Å². The van der Waals surface area contributed by atoms with Crippen LogP contribution >= 0.6 is 11.3 Å². The van der Waals surface area contributed by atoms with Crippen LogP contribution in [0.5, 0.6) is 0 Å². The number of fused-ring (bicyclic) bond motifs is 1. The first-order chi connectivity index (χ1) is 16.9. The number of amides is 1. The smallest absolute Gasteiger partial charge is 0.260 e. The molecule has 0 bridgehead atoms. The van der Waals surface area contributed by atoms with Crippen LogP contribution in [-0.4, -0.2) is 25.6 Å². The highest BCUT2D eigenvalue weighted by atomic mass is 32.2. The lowest BCUT2D eigenvalue weighted by Crippen LogP contribution is -2.30. The summed E-state index contributed by atoms with van der Waals surface area (Å²) in [7, 11) is -3.34. The Morgan fingerprint density at radius 2 is 1.46 bits per heavy atom. The third kappa shape index (κ3) is 5.01. The topological polar surface area (TPSA) is 67.3 Å². The minimum absolute atomic E-state index is 0.171. The van der Waals surface area contributed by atoms with Gasteiger partial charge in [0.05, 0.1) is 21.7 Å². The van der Waals surface area contributed by atoms with Crippen LogP contribution in [0.4, 0.5) is 5.13 Å². The van der Waals surface area contributed by atoms with Gasteiger partial charge >= 0.3 is 0 Å². The molecule has 0 radical (unpaired) electrons. The van der Waals surface area contributed by atoms with E-state index < -0.39 is 9.84 Å². The Labute approximate surface area is 208 Å². The van der Waals surface area contributed by atoms with Crippen molar-refractivity contribution in [3.8, 4) is 11.1 Å². The summed E-state index contributed by atoms with van der Waals surface area (Å²) in [4.78, 5) is 20.3. The van der Waals surface area contributed by atoms with E-state index in [4.69, 9.17) is 0 Å². The predicted molar refractivity (Wildman–Crippen MR) is 142 cm³/mol. The van der Waals surface area contributed by atoms with Gasteiger partial charge in [-0.2, -0.15) is 0 Å². The number of aromatic nitrogens is 1. The summed E-state index contributed by atoms with van der Waals surface area (Å²) in [5.74, 6) is -0.171. The van der Waals surface area contributed by atoms with E-state index >= 15 is 0 Å².